The number of rotatable bonds is 7. The summed E-state index contributed by atoms with van der Waals surface area (Å²) in [5.41, 5.74) is 9.47. The topological polar surface area (TPSA) is 18.8 Å². The van der Waals surface area contributed by atoms with E-state index in [1.54, 1.807) is 11.3 Å². The van der Waals surface area contributed by atoms with E-state index in [1.165, 1.54) is 4.49 Å². The standard InChI is InChI=1S/C45H29BF2N2S/c47-46(48)50-40(33-22-11-4-12-23-33)29-38(31-18-7-2-8-19-31)44(50)42(36-26-15-25-35-34-24-13-14-27-41(34)51-45(35)36)43-37(30-16-5-1-6-17-30)28-39(49-43)32-20-9-3-10-21-32/h1-29H/p+1. The molecule has 6 aromatic carbocycles. The maximum atomic E-state index is 16.0. The molecule has 0 fully saturated rings. The number of thiophene rings is 1. The van der Waals surface area contributed by atoms with Crippen LogP contribution in [0.3, 0.4) is 0 Å². The molecule has 0 spiro atoms. The van der Waals surface area contributed by atoms with Crippen LogP contribution in [0.4, 0.5) is 8.63 Å². The Hall–Kier alpha value is -6.11. The van der Waals surface area contributed by atoms with Gasteiger partial charge in [0.25, 0.3) is 0 Å². The van der Waals surface area contributed by atoms with Gasteiger partial charge in [0, 0.05) is 48.6 Å². The third kappa shape index (κ3) is 5.45. The average molecular weight is 680 g/mol. The first kappa shape index (κ1) is 30.9. The summed E-state index contributed by atoms with van der Waals surface area (Å²) in [6.45, 7) is 0. The summed E-state index contributed by atoms with van der Waals surface area (Å²) in [4.78, 5) is 3.80. The normalized spacial score (nSPS) is 14.0. The molecular formula is C45H30BF2N2S+. The number of aromatic amines is 1. The second kappa shape index (κ2) is 13.0. The summed E-state index contributed by atoms with van der Waals surface area (Å²) in [5.74, 6) is 0. The number of hydrogen-bond donors (Lipinski definition) is 1. The van der Waals surface area contributed by atoms with Crippen LogP contribution in [0.15, 0.2) is 182 Å². The van der Waals surface area contributed by atoms with E-state index in [-0.39, 0.29) is 0 Å². The first-order valence-electron chi connectivity index (χ1n) is 16.9. The summed E-state index contributed by atoms with van der Waals surface area (Å²) in [6, 6.07) is 56.6. The highest BCUT2D eigenvalue weighted by Gasteiger charge is 2.48. The lowest BCUT2D eigenvalue weighted by Gasteiger charge is -2.16. The number of halogens is 2. The minimum Gasteiger partial charge on any atom is -0.354 e. The van der Waals surface area contributed by atoms with Gasteiger partial charge in [-0.3, -0.25) is 0 Å². The van der Waals surface area contributed by atoms with Crippen molar-refractivity contribution >= 4 is 55.8 Å². The Kier molecular flexibility index (Phi) is 7.87. The fraction of sp³-hybridized carbons (Fsp3) is 0. The predicted molar refractivity (Wildman–Crippen MR) is 210 cm³/mol. The Balaban J connectivity index is 1.47. The van der Waals surface area contributed by atoms with Crippen LogP contribution in [0.5, 0.6) is 0 Å². The molecule has 0 atom stereocenters. The van der Waals surface area contributed by atoms with Gasteiger partial charge in [0.1, 0.15) is 0 Å². The van der Waals surface area contributed by atoms with Gasteiger partial charge in [0.15, 0.2) is 5.71 Å². The number of fused-ring (bicyclic) bond motifs is 3. The zero-order valence-corrected chi connectivity index (χ0v) is 28.2. The minimum absolute atomic E-state index is 0.455. The van der Waals surface area contributed by atoms with Crippen molar-refractivity contribution in [2.75, 3.05) is 0 Å². The summed E-state index contributed by atoms with van der Waals surface area (Å²) in [5, 5.41) is 2.25. The number of aromatic nitrogens is 1. The molecule has 8 aromatic rings. The van der Waals surface area contributed by atoms with E-state index in [0.717, 1.165) is 76.1 Å². The quantitative estimate of drug-likeness (QED) is 0.162. The van der Waals surface area contributed by atoms with Crippen molar-refractivity contribution in [3.05, 3.63) is 204 Å². The van der Waals surface area contributed by atoms with Crippen molar-refractivity contribution in [1.82, 2.24) is 4.98 Å². The van der Waals surface area contributed by atoms with Crippen LogP contribution in [0.1, 0.15) is 22.4 Å². The molecule has 51 heavy (non-hydrogen) atoms. The zero-order chi connectivity index (χ0) is 34.3. The third-order valence-electron chi connectivity index (χ3n) is 9.53. The second-order valence-corrected chi connectivity index (χ2v) is 13.6. The van der Waals surface area contributed by atoms with Crippen molar-refractivity contribution < 1.29 is 13.1 Å². The number of nitrogens with zero attached hydrogens (tertiary/aromatic N) is 1. The first-order chi connectivity index (χ1) is 25.2. The second-order valence-electron chi connectivity index (χ2n) is 12.5. The average Bonchev–Trinajstić information content (AvgIpc) is 3.92. The van der Waals surface area contributed by atoms with E-state index in [4.69, 9.17) is 0 Å². The monoisotopic (exact) mass is 679 g/mol. The van der Waals surface area contributed by atoms with Crippen LogP contribution in [0.2, 0.25) is 0 Å². The number of benzene rings is 6. The summed E-state index contributed by atoms with van der Waals surface area (Å²) in [7, 11) is -2.83. The molecule has 242 valence electrons. The lowest BCUT2D eigenvalue weighted by atomic mass is 9.89. The molecule has 9 rings (SSSR count). The van der Waals surface area contributed by atoms with E-state index in [1.807, 2.05) is 109 Å². The third-order valence-corrected chi connectivity index (χ3v) is 10.8. The van der Waals surface area contributed by atoms with Crippen LogP contribution in [-0.2, 0) is 0 Å². The Bertz CT molecular complexity index is 2640. The number of H-pyrrole nitrogens is 1. The molecule has 0 unspecified atom stereocenters. The van der Waals surface area contributed by atoms with Crippen molar-refractivity contribution in [2.45, 2.75) is 0 Å². The highest BCUT2D eigenvalue weighted by molar-refractivity contribution is 7.26. The molecule has 2 nitrogen and oxygen atoms in total. The van der Waals surface area contributed by atoms with Crippen molar-refractivity contribution in [3.63, 3.8) is 0 Å². The van der Waals surface area contributed by atoms with Gasteiger partial charge in [-0.15, -0.1) is 11.3 Å². The zero-order valence-electron chi connectivity index (χ0n) is 27.4. The van der Waals surface area contributed by atoms with Gasteiger partial charge in [0.05, 0.1) is 16.8 Å². The molecular weight excluding hydrogens is 649 g/mol. The molecule has 0 amide bonds. The number of hydrogen-bond acceptors (Lipinski definition) is 1. The van der Waals surface area contributed by atoms with Crippen LogP contribution >= 0.6 is 11.3 Å². The van der Waals surface area contributed by atoms with Gasteiger partial charge in [-0.2, -0.15) is 0 Å². The molecule has 3 heterocycles. The molecule has 6 heteroatoms. The highest BCUT2D eigenvalue weighted by atomic mass is 32.1. The number of allylic oxidation sites excluding steroid dienone is 2. The van der Waals surface area contributed by atoms with Crippen molar-refractivity contribution in [3.8, 4) is 22.4 Å². The lowest BCUT2D eigenvalue weighted by molar-refractivity contribution is -0.338. The smallest absolute Gasteiger partial charge is 0.354 e. The highest BCUT2D eigenvalue weighted by Crippen LogP contribution is 2.47. The van der Waals surface area contributed by atoms with Gasteiger partial charge in [-0.25, -0.2) is 13.1 Å². The summed E-state index contributed by atoms with van der Waals surface area (Å²) >= 11 is 1.70. The van der Waals surface area contributed by atoms with Gasteiger partial charge in [-0.05, 0) is 41.0 Å². The molecule has 0 saturated heterocycles. The van der Waals surface area contributed by atoms with Crippen molar-refractivity contribution in [2.24, 2.45) is 0 Å². The molecule has 1 N–H and O–H groups in total. The maximum absolute atomic E-state index is 16.0. The SMILES string of the molecule is FB(F)[N+]1=C(c2ccccc2)C=C(c2ccccc2)/C1=C(/c1[nH]c(-c2ccccc2)cc1-c1ccccc1)c1cccc2c1sc1ccccc12. The lowest BCUT2D eigenvalue weighted by Crippen LogP contribution is -2.27. The van der Waals surface area contributed by atoms with Gasteiger partial charge >= 0.3 is 7.40 Å². The first-order valence-corrected chi connectivity index (χ1v) is 17.7. The van der Waals surface area contributed by atoms with Gasteiger partial charge in [0.2, 0.25) is 5.70 Å². The summed E-state index contributed by atoms with van der Waals surface area (Å²) < 4.78 is 35.5. The van der Waals surface area contributed by atoms with Gasteiger partial charge in [-0.1, -0.05) is 146 Å². The van der Waals surface area contributed by atoms with Crippen molar-refractivity contribution in [1.29, 1.82) is 0 Å². The summed E-state index contributed by atoms with van der Waals surface area (Å²) in [6.07, 6.45) is 1.93. The molecule has 1 aliphatic rings. The van der Waals surface area contributed by atoms with Crippen LogP contribution in [0, 0.1) is 0 Å². The molecule has 1 aliphatic heterocycles. The maximum Gasteiger partial charge on any atom is 0.935 e. The van der Waals surface area contributed by atoms with Crippen LogP contribution < -0.4 is 0 Å². The van der Waals surface area contributed by atoms with Crippen LogP contribution in [0.25, 0.3) is 53.7 Å². The van der Waals surface area contributed by atoms with E-state index in [9.17, 15) is 0 Å². The van der Waals surface area contributed by atoms with E-state index in [0.29, 0.717) is 11.4 Å². The molecule has 0 radical (unpaired) electrons. The fourth-order valence-corrected chi connectivity index (χ4v) is 8.47. The van der Waals surface area contributed by atoms with E-state index >= 15 is 8.63 Å². The fourth-order valence-electron chi connectivity index (χ4n) is 7.25. The number of nitrogens with one attached hydrogen (secondary N) is 1. The molecule has 0 aliphatic carbocycles. The Morgan fingerprint density at radius 3 is 1.80 bits per heavy atom. The predicted octanol–water partition coefficient (Wildman–Crippen LogP) is 12.0. The van der Waals surface area contributed by atoms with E-state index < -0.39 is 7.40 Å². The Morgan fingerprint density at radius 2 is 1.14 bits per heavy atom. The molecule has 2 aromatic heterocycles. The minimum atomic E-state index is -2.83. The molecule has 0 saturated carbocycles. The Morgan fingerprint density at radius 1 is 0.569 bits per heavy atom. The molecule has 0 bridgehead atoms. The Labute approximate surface area is 299 Å². The van der Waals surface area contributed by atoms with Gasteiger partial charge < -0.3 is 4.98 Å². The van der Waals surface area contributed by atoms with E-state index in [2.05, 4.69) is 71.7 Å². The van der Waals surface area contributed by atoms with Crippen LogP contribution in [-0.4, -0.2) is 22.6 Å². The largest absolute Gasteiger partial charge is 0.935 e.